The van der Waals surface area contributed by atoms with Crippen LogP contribution in [-0.2, 0) is 0 Å². The third-order valence-electron chi connectivity index (χ3n) is 3.77. The van der Waals surface area contributed by atoms with E-state index in [-0.39, 0.29) is 30.3 Å². The van der Waals surface area contributed by atoms with Gasteiger partial charge in [0.05, 0.1) is 5.69 Å². The first kappa shape index (κ1) is 15.7. The molecule has 6 nitrogen and oxygen atoms in total. The van der Waals surface area contributed by atoms with Crippen LogP contribution in [0.1, 0.15) is 22.9 Å². The lowest BCUT2D eigenvalue weighted by molar-refractivity contribution is 0.0930. The lowest BCUT2D eigenvalue weighted by Gasteiger charge is -2.10. The molecular weight excluding hydrogens is 316 g/mol. The highest BCUT2D eigenvalue weighted by Gasteiger charge is 2.22. The summed E-state index contributed by atoms with van der Waals surface area (Å²) in [5, 5.41) is 16.9. The van der Waals surface area contributed by atoms with E-state index in [2.05, 4.69) is 15.4 Å². The van der Waals surface area contributed by atoms with Crippen molar-refractivity contribution in [1.82, 2.24) is 20.1 Å². The fourth-order valence-electron chi connectivity index (χ4n) is 2.56. The summed E-state index contributed by atoms with van der Waals surface area (Å²) in [6.45, 7) is 1.88. The van der Waals surface area contributed by atoms with E-state index >= 15 is 0 Å². The number of aliphatic hydroxyl groups excluding tert-OH is 1. The third kappa shape index (κ3) is 3.43. The predicted molar refractivity (Wildman–Crippen MR) is 86.7 cm³/mol. The highest BCUT2D eigenvalue weighted by atomic mass is 35.5. The maximum Gasteiger partial charge on any atom is 0.291 e. The van der Waals surface area contributed by atoms with Gasteiger partial charge in [-0.25, -0.2) is 9.67 Å². The largest absolute Gasteiger partial charge is 0.396 e. The molecule has 0 bridgehead atoms. The Balaban J connectivity index is 1.74. The smallest absolute Gasteiger partial charge is 0.291 e. The molecule has 2 aromatic rings. The minimum atomic E-state index is -0.325. The summed E-state index contributed by atoms with van der Waals surface area (Å²) in [7, 11) is 0. The Hall–Kier alpha value is -2.18. The summed E-state index contributed by atoms with van der Waals surface area (Å²) in [5.41, 5.74) is 0.791. The van der Waals surface area contributed by atoms with E-state index in [0.717, 1.165) is 5.69 Å². The van der Waals surface area contributed by atoms with E-state index in [1.165, 1.54) is 0 Å². The molecule has 2 N–H and O–H groups in total. The van der Waals surface area contributed by atoms with Gasteiger partial charge in [-0.1, -0.05) is 23.8 Å². The predicted octanol–water partition coefficient (Wildman–Crippen LogP) is 1.90. The fraction of sp³-hybridized carbons (Fsp3) is 0.312. The Morgan fingerprint density at radius 2 is 2.13 bits per heavy atom. The van der Waals surface area contributed by atoms with Crippen LogP contribution < -0.4 is 5.32 Å². The number of aliphatic hydroxyl groups is 1. The van der Waals surface area contributed by atoms with E-state index in [0.29, 0.717) is 17.3 Å². The Kier molecular flexibility index (Phi) is 4.45. The number of aryl methyl sites for hydroxylation is 1. The number of rotatable bonds is 4. The molecule has 0 aliphatic heterocycles. The van der Waals surface area contributed by atoms with Crippen molar-refractivity contribution in [2.24, 2.45) is 5.92 Å². The van der Waals surface area contributed by atoms with E-state index in [1.807, 2.05) is 24.3 Å². The molecule has 0 fully saturated rings. The molecule has 0 radical (unpaired) electrons. The van der Waals surface area contributed by atoms with E-state index < -0.39 is 0 Å². The summed E-state index contributed by atoms with van der Waals surface area (Å²) >= 11 is 5.88. The van der Waals surface area contributed by atoms with Gasteiger partial charge in [-0.15, -0.1) is 5.10 Å². The third-order valence-corrected chi connectivity index (χ3v) is 4.02. The van der Waals surface area contributed by atoms with Crippen LogP contribution in [0.5, 0.6) is 0 Å². The summed E-state index contributed by atoms with van der Waals surface area (Å²) in [6, 6.07) is 7.06. The molecule has 1 heterocycles. The number of hydrogen-bond acceptors (Lipinski definition) is 4. The van der Waals surface area contributed by atoms with Crippen LogP contribution in [0.25, 0.3) is 5.69 Å². The molecular formula is C16H17ClN4O2. The highest BCUT2D eigenvalue weighted by Crippen LogP contribution is 2.18. The van der Waals surface area contributed by atoms with Crippen molar-refractivity contribution in [1.29, 1.82) is 0 Å². The standard InChI is InChI=1S/C16H17ClN4O2/c1-10-18-15(16(23)19-13-5-2-11(8-13)9-22)20-21(10)14-6-3-12(17)4-7-14/h2-7,11,13,22H,8-9H2,1H3,(H,19,23)/t11-,13+/m0/s1. The number of aromatic nitrogens is 3. The summed E-state index contributed by atoms with van der Waals surface area (Å²) in [5.74, 6) is 0.515. The zero-order chi connectivity index (χ0) is 16.4. The van der Waals surface area contributed by atoms with E-state index in [9.17, 15) is 4.79 Å². The molecule has 0 unspecified atom stereocenters. The van der Waals surface area contributed by atoms with Crippen LogP contribution in [0.15, 0.2) is 36.4 Å². The lowest BCUT2D eigenvalue weighted by atomic mass is 10.1. The van der Waals surface area contributed by atoms with Gasteiger partial charge in [0.25, 0.3) is 5.91 Å². The van der Waals surface area contributed by atoms with Gasteiger partial charge < -0.3 is 10.4 Å². The molecule has 7 heteroatoms. The van der Waals surface area contributed by atoms with Crippen molar-refractivity contribution in [2.45, 2.75) is 19.4 Å². The topological polar surface area (TPSA) is 80.0 Å². The van der Waals surface area contributed by atoms with Gasteiger partial charge in [0, 0.05) is 23.6 Å². The van der Waals surface area contributed by atoms with Crippen molar-refractivity contribution in [2.75, 3.05) is 6.61 Å². The monoisotopic (exact) mass is 332 g/mol. The first-order valence-electron chi connectivity index (χ1n) is 7.36. The molecule has 120 valence electrons. The molecule has 3 rings (SSSR count). The minimum Gasteiger partial charge on any atom is -0.396 e. The Morgan fingerprint density at radius 1 is 1.39 bits per heavy atom. The van der Waals surface area contributed by atoms with Crippen LogP contribution >= 0.6 is 11.6 Å². The highest BCUT2D eigenvalue weighted by molar-refractivity contribution is 6.30. The first-order chi connectivity index (χ1) is 11.1. The van der Waals surface area contributed by atoms with Crippen LogP contribution in [-0.4, -0.2) is 38.4 Å². The first-order valence-corrected chi connectivity index (χ1v) is 7.74. The summed E-state index contributed by atoms with van der Waals surface area (Å²) in [6.07, 6.45) is 4.50. The Morgan fingerprint density at radius 3 is 2.78 bits per heavy atom. The Labute approximate surface area is 138 Å². The molecule has 0 spiro atoms. The van der Waals surface area contributed by atoms with Crippen molar-refractivity contribution in [3.05, 3.63) is 53.1 Å². The van der Waals surface area contributed by atoms with E-state index in [4.69, 9.17) is 16.7 Å². The molecule has 23 heavy (non-hydrogen) atoms. The second kappa shape index (κ2) is 6.52. The normalized spacial score (nSPS) is 20.0. The number of benzene rings is 1. The van der Waals surface area contributed by atoms with Gasteiger partial charge in [-0.05, 0) is 37.6 Å². The molecule has 1 aromatic heterocycles. The average molecular weight is 333 g/mol. The fourth-order valence-corrected chi connectivity index (χ4v) is 2.69. The second-order valence-corrected chi connectivity index (χ2v) is 5.95. The number of nitrogens with zero attached hydrogens (tertiary/aromatic N) is 3. The number of nitrogens with one attached hydrogen (secondary N) is 1. The number of halogens is 1. The number of carbonyl (C=O) groups is 1. The summed E-state index contributed by atoms with van der Waals surface area (Å²) in [4.78, 5) is 16.5. The number of carbonyl (C=O) groups excluding carboxylic acids is 1. The minimum absolute atomic E-state index is 0.0887. The van der Waals surface area contributed by atoms with E-state index in [1.54, 1.807) is 23.7 Å². The van der Waals surface area contributed by atoms with Gasteiger partial charge >= 0.3 is 0 Å². The molecule has 1 amide bonds. The molecule has 0 saturated heterocycles. The number of amides is 1. The van der Waals surface area contributed by atoms with Gasteiger partial charge in [0.2, 0.25) is 5.82 Å². The van der Waals surface area contributed by atoms with Crippen LogP contribution in [0, 0.1) is 12.8 Å². The molecule has 1 aliphatic carbocycles. The zero-order valence-corrected chi connectivity index (χ0v) is 13.4. The lowest BCUT2D eigenvalue weighted by Crippen LogP contribution is -2.33. The molecule has 0 saturated carbocycles. The van der Waals surface area contributed by atoms with Gasteiger partial charge in [-0.3, -0.25) is 4.79 Å². The Bertz CT molecular complexity index is 739. The SMILES string of the molecule is Cc1nc(C(=O)N[C@@H]2C=C[C@H](CO)C2)nn1-c1ccc(Cl)cc1. The quantitative estimate of drug-likeness (QED) is 0.838. The van der Waals surface area contributed by atoms with Gasteiger partial charge in [0.15, 0.2) is 0 Å². The van der Waals surface area contributed by atoms with Crippen LogP contribution in [0.2, 0.25) is 5.02 Å². The molecule has 1 aromatic carbocycles. The molecule has 1 aliphatic rings. The van der Waals surface area contributed by atoms with Crippen LogP contribution in [0.4, 0.5) is 0 Å². The van der Waals surface area contributed by atoms with Crippen molar-refractivity contribution in [3.63, 3.8) is 0 Å². The van der Waals surface area contributed by atoms with Gasteiger partial charge in [0.1, 0.15) is 5.82 Å². The van der Waals surface area contributed by atoms with Crippen molar-refractivity contribution >= 4 is 17.5 Å². The van der Waals surface area contributed by atoms with Crippen molar-refractivity contribution < 1.29 is 9.90 Å². The number of hydrogen-bond donors (Lipinski definition) is 2. The second-order valence-electron chi connectivity index (χ2n) is 5.51. The van der Waals surface area contributed by atoms with Gasteiger partial charge in [-0.2, -0.15) is 0 Å². The maximum atomic E-state index is 12.3. The maximum absolute atomic E-state index is 12.3. The van der Waals surface area contributed by atoms with Crippen molar-refractivity contribution in [3.8, 4) is 5.69 Å². The summed E-state index contributed by atoms with van der Waals surface area (Å²) < 4.78 is 1.60. The van der Waals surface area contributed by atoms with Crippen LogP contribution in [0.3, 0.4) is 0 Å². The average Bonchev–Trinajstić information content (AvgIpc) is 3.15. The molecule has 2 atom stereocenters. The zero-order valence-electron chi connectivity index (χ0n) is 12.6.